The predicted octanol–water partition coefficient (Wildman–Crippen LogP) is 1.54. The van der Waals surface area contributed by atoms with Crippen LogP contribution in [0.1, 0.15) is 29.3 Å². The SMILES string of the molecule is Cc1c(O)cccc1C(=O)N1CCC(C(C)O)C1. The molecule has 4 nitrogen and oxygen atoms in total. The maximum atomic E-state index is 12.3. The average molecular weight is 249 g/mol. The molecule has 4 heteroatoms. The van der Waals surface area contributed by atoms with Crippen LogP contribution in [0.3, 0.4) is 0 Å². The molecule has 0 aromatic heterocycles. The zero-order valence-electron chi connectivity index (χ0n) is 10.8. The van der Waals surface area contributed by atoms with Crippen molar-refractivity contribution >= 4 is 5.91 Å². The lowest BCUT2D eigenvalue weighted by Gasteiger charge is -2.19. The van der Waals surface area contributed by atoms with E-state index in [0.29, 0.717) is 24.2 Å². The van der Waals surface area contributed by atoms with Crippen LogP contribution in [0.4, 0.5) is 0 Å². The molecule has 1 aromatic rings. The van der Waals surface area contributed by atoms with Crippen molar-refractivity contribution in [1.82, 2.24) is 4.90 Å². The molecule has 98 valence electrons. The van der Waals surface area contributed by atoms with E-state index in [1.165, 1.54) is 0 Å². The van der Waals surface area contributed by atoms with Crippen molar-refractivity contribution in [3.8, 4) is 5.75 Å². The summed E-state index contributed by atoms with van der Waals surface area (Å²) in [6, 6.07) is 4.99. The van der Waals surface area contributed by atoms with Crippen LogP contribution in [-0.2, 0) is 0 Å². The van der Waals surface area contributed by atoms with Gasteiger partial charge in [0.05, 0.1) is 6.10 Å². The first-order valence-corrected chi connectivity index (χ1v) is 6.26. The number of phenolic OH excluding ortho intramolecular Hbond substituents is 1. The summed E-state index contributed by atoms with van der Waals surface area (Å²) >= 11 is 0. The van der Waals surface area contributed by atoms with Crippen LogP contribution in [0.15, 0.2) is 18.2 Å². The van der Waals surface area contributed by atoms with Crippen molar-refractivity contribution in [2.45, 2.75) is 26.4 Å². The largest absolute Gasteiger partial charge is 0.508 e. The van der Waals surface area contributed by atoms with Gasteiger partial charge in [-0.15, -0.1) is 0 Å². The second-order valence-corrected chi connectivity index (χ2v) is 4.99. The van der Waals surface area contributed by atoms with Crippen LogP contribution in [0.5, 0.6) is 5.75 Å². The molecule has 0 saturated carbocycles. The van der Waals surface area contributed by atoms with Crippen molar-refractivity contribution in [2.75, 3.05) is 13.1 Å². The number of aliphatic hydroxyl groups is 1. The highest BCUT2D eigenvalue weighted by molar-refractivity contribution is 5.96. The van der Waals surface area contributed by atoms with Gasteiger partial charge in [-0.2, -0.15) is 0 Å². The van der Waals surface area contributed by atoms with Gasteiger partial charge in [-0.05, 0) is 32.4 Å². The van der Waals surface area contributed by atoms with Crippen LogP contribution in [-0.4, -0.2) is 40.2 Å². The van der Waals surface area contributed by atoms with Crippen molar-refractivity contribution in [3.63, 3.8) is 0 Å². The Morgan fingerprint density at radius 3 is 2.83 bits per heavy atom. The van der Waals surface area contributed by atoms with Gasteiger partial charge in [-0.25, -0.2) is 0 Å². The molecule has 2 atom stereocenters. The summed E-state index contributed by atoms with van der Waals surface area (Å²) in [6.45, 7) is 4.76. The minimum Gasteiger partial charge on any atom is -0.508 e. The fourth-order valence-corrected chi connectivity index (χ4v) is 2.39. The number of carbonyl (C=O) groups is 1. The van der Waals surface area contributed by atoms with E-state index in [4.69, 9.17) is 0 Å². The maximum absolute atomic E-state index is 12.3. The first-order valence-electron chi connectivity index (χ1n) is 6.26. The number of rotatable bonds is 2. The highest BCUT2D eigenvalue weighted by Crippen LogP contribution is 2.25. The lowest BCUT2D eigenvalue weighted by atomic mass is 10.0. The third-order valence-corrected chi connectivity index (χ3v) is 3.73. The van der Waals surface area contributed by atoms with Crippen LogP contribution in [0.2, 0.25) is 0 Å². The van der Waals surface area contributed by atoms with Gasteiger partial charge in [-0.3, -0.25) is 4.79 Å². The Morgan fingerprint density at radius 1 is 1.50 bits per heavy atom. The number of aromatic hydroxyl groups is 1. The molecule has 1 aromatic carbocycles. The van der Waals surface area contributed by atoms with E-state index < -0.39 is 0 Å². The van der Waals surface area contributed by atoms with Gasteiger partial charge >= 0.3 is 0 Å². The first-order chi connectivity index (χ1) is 8.50. The van der Waals surface area contributed by atoms with E-state index in [1.807, 2.05) is 0 Å². The van der Waals surface area contributed by atoms with E-state index in [2.05, 4.69) is 0 Å². The van der Waals surface area contributed by atoms with Crippen LogP contribution in [0.25, 0.3) is 0 Å². The molecule has 0 radical (unpaired) electrons. The number of amides is 1. The number of aliphatic hydroxyl groups excluding tert-OH is 1. The van der Waals surface area contributed by atoms with Gasteiger partial charge in [0, 0.05) is 30.1 Å². The van der Waals surface area contributed by atoms with E-state index >= 15 is 0 Å². The Morgan fingerprint density at radius 2 is 2.22 bits per heavy atom. The molecular formula is C14H19NO3. The van der Waals surface area contributed by atoms with Gasteiger partial charge in [0.2, 0.25) is 0 Å². The fourth-order valence-electron chi connectivity index (χ4n) is 2.39. The van der Waals surface area contributed by atoms with E-state index in [-0.39, 0.29) is 23.7 Å². The normalized spacial score (nSPS) is 21.1. The predicted molar refractivity (Wildman–Crippen MR) is 68.5 cm³/mol. The maximum Gasteiger partial charge on any atom is 0.254 e. The van der Waals surface area contributed by atoms with Crippen LogP contribution in [0, 0.1) is 12.8 Å². The molecule has 1 amide bonds. The smallest absolute Gasteiger partial charge is 0.254 e. The molecule has 1 saturated heterocycles. The summed E-state index contributed by atoms with van der Waals surface area (Å²) in [5, 5.41) is 19.2. The summed E-state index contributed by atoms with van der Waals surface area (Å²) in [5.74, 6) is 0.241. The number of hydrogen-bond donors (Lipinski definition) is 2. The van der Waals surface area contributed by atoms with Crippen molar-refractivity contribution in [1.29, 1.82) is 0 Å². The molecule has 1 aliphatic heterocycles. The number of hydrogen-bond acceptors (Lipinski definition) is 3. The van der Waals surface area contributed by atoms with E-state index in [9.17, 15) is 15.0 Å². The number of carbonyl (C=O) groups excluding carboxylic acids is 1. The monoisotopic (exact) mass is 249 g/mol. The third kappa shape index (κ3) is 2.34. The summed E-state index contributed by atoms with van der Waals surface area (Å²) in [6.07, 6.45) is 0.453. The minimum atomic E-state index is -0.381. The fraction of sp³-hybridized carbons (Fsp3) is 0.500. The quantitative estimate of drug-likeness (QED) is 0.836. The topological polar surface area (TPSA) is 60.8 Å². The van der Waals surface area contributed by atoms with Crippen LogP contribution < -0.4 is 0 Å². The Labute approximate surface area is 107 Å². The second kappa shape index (κ2) is 4.98. The first kappa shape index (κ1) is 12.9. The molecule has 2 rings (SSSR count). The Balaban J connectivity index is 2.16. The molecule has 2 N–H and O–H groups in total. The molecule has 1 heterocycles. The number of nitrogens with zero attached hydrogens (tertiary/aromatic N) is 1. The summed E-state index contributed by atoms with van der Waals surface area (Å²) < 4.78 is 0. The molecule has 0 spiro atoms. The Hall–Kier alpha value is -1.55. The molecule has 1 aliphatic rings. The molecule has 2 unspecified atom stereocenters. The minimum absolute atomic E-state index is 0.0634. The Kier molecular flexibility index (Phi) is 3.57. The standard InChI is InChI=1S/C14H19NO3/c1-9-12(4-3-5-13(9)17)14(18)15-7-6-11(8-15)10(2)16/h3-5,10-11,16-17H,6-8H2,1-2H3. The molecular weight excluding hydrogens is 230 g/mol. The van der Waals surface area contributed by atoms with Crippen LogP contribution >= 0.6 is 0 Å². The summed E-state index contributed by atoms with van der Waals surface area (Å²) in [7, 11) is 0. The molecule has 0 bridgehead atoms. The molecule has 1 fully saturated rings. The van der Waals surface area contributed by atoms with Crippen molar-refractivity contribution in [3.05, 3.63) is 29.3 Å². The van der Waals surface area contributed by atoms with Gasteiger partial charge in [0.25, 0.3) is 5.91 Å². The lowest BCUT2D eigenvalue weighted by molar-refractivity contribution is 0.0761. The summed E-state index contributed by atoms with van der Waals surface area (Å²) in [4.78, 5) is 14.1. The van der Waals surface area contributed by atoms with Crippen molar-refractivity contribution in [2.24, 2.45) is 5.92 Å². The third-order valence-electron chi connectivity index (χ3n) is 3.73. The van der Waals surface area contributed by atoms with Gasteiger partial charge in [0.1, 0.15) is 5.75 Å². The van der Waals surface area contributed by atoms with Gasteiger partial charge in [-0.1, -0.05) is 6.07 Å². The van der Waals surface area contributed by atoms with Crippen molar-refractivity contribution < 1.29 is 15.0 Å². The Bertz CT molecular complexity index is 456. The zero-order valence-corrected chi connectivity index (χ0v) is 10.8. The number of likely N-dealkylation sites (tertiary alicyclic amines) is 1. The number of phenols is 1. The zero-order chi connectivity index (χ0) is 13.3. The molecule has 0 aliphatic carbocycles. The summed E-state index contributed by atoms with van der Waals surface area (Å²) in [5.41, 5.74) is 1.16. The second-order valence-electron chi connectivity index (χ2n) is 4.99. The van der Waals surface area contributed by atoms with Gasteiger partial charge < -0.3 is 15.1 Å². The number of benzene rings is 1. The lowest BCUT2D eigenvalue weighted by Crippen LogP contribution is -2.30. The van der Waals surface area contributed by atoms with E-state index in [0.717, 1.165) is 6.42 Å². The van der Waals surface area contributed by atoms with E-state index in [1.54, 1.807) is 36.9 Å². The molecule has 18 heavy (non-hydrogen) atoms. The highest BCUT2D eigenvalue weighted by Gasteiger charge is 2.30. The van der Waals surface area contributed by atoms with Gasteiger partial charge in [0.15, 0.2) is 0 Å². The average Bonchev–Trinajstić information content (AvgIpc) is 2.81. The highest BCUT2D eigenvalue weighted by atomic mass is 16.3.